The zero-order valence-corrected chi connectivity index (χ0v) is 14.3. The van der Waals surface area contributed by atoms with Crippen LogP contribution in [0.1, 0.15) is 50.2 Å². The maximum absolute atomic E-state index is 9.77. The van der Waals surface area contributed by atoms with Gasteiger partial charge in [0.2, 0.25) is 0 Å². The molecule has 0 unspecified atom stereocenters. The smallest absolute Gasteiger partial charge is 0.157 e. The number of hydrogen-bond donors (Lipinski definition) is 0. The van der Waals surface area contributed by atoms with Crippen molar-refractivity contribution < 1.29 is 0 Å². The van der Waals surface area contributed by atoms with Crippen LogP contribution in [0.25, 0.3) is 16.7 Å². The Morgan fingerprint density at radius 3 is 2.58 bits per heavy atom. The molecular weight excluding hydrogens is 296 g/mol. The van der Waals surface area contributed by atoms with Crippen LogP contribution in [-0.2, 0) is 0 Å². The summed E-state index contributed by atoms with van der Waals surface area (Å²) >= 11 is 0. The summed E-state index contributed by atoms with van der Waals surface area (Å²) in [6.45, 7) is 6.45. The molecule has 3 aromatic rings. The third-order valence-corrected chi connectivity index (χ3v) is 5.00. The third kappa shape index (κ3) is 2.24. The molecule has 0 spiro atoms. The topological polar surface area (TPSA) is 44.3 Å². The van der Waals surface area contributed by atoms with E-state index in [-0.39, 0.29) is 0 Å². The summed E-state index contributed by atoms with van der Waals surface area (Å²) in [5.74, 6) is 1.48. The van der Waals surface area contributed by atoms with E-state index in [1.807, 2.05) is 18.2 Å². The van der Waals surface area contributed by atoms with Gasteiger partial charge in [-0.05, 0) is 48.9 Å². The minimum absolute atomic E-state index is 0.299. The molecule has 0 aliphatic carbocycles. The van der Waals surface area contributed by atoms with Gasteiger partial charge in [0.1, 0.15) is 11.9 Å². The summed E-state index contributed by atoms with van der Waals surface area (Å²) in [6.07, 6.45) is 3.76. The highest BCUT2D eigenvalue weighted by molar-refractivity contribution is 5.85. The van der Waals surface area contributed by atoms with Crippen molar-refractivity contribution in [2.45, 2.75) is 39.0 Å². The second-order valence-electron chi connectivity index (χ2n) is 6.91. The average molecular weight is 318 g/mol. The maximum atomic E-state index is 9.77. The van der Waals surface area contributed by atoms with Crippen molar-refractivity contribution in [3.63, 3.8) is 0 Å². The van der Waals surface area contributed by atoms with E-state index in [0.717, 1.165) is 35.3 Å². The lowest BCUT2D eigenvalue weighted by Crippen LogP contribution is -2.31. The van der Waals surface area contributed by atoms with Crippen molar-refractivity contribution >= 4 is 22.5 Å². The molecule has 4 nitrogen and oxygen atoms in total. The second kappa shape index (κ2) is 5.83. The number of hydrogen-bond acceptors (Lipinski definition) is 3. The summed E-state index contributed by atoms with van der Waals surface area (Å²) in [4.78, 5) is 7.25. The number of piperidine rings is 1. The Balaban J connectivity index is 2.10. The molecule has 3 heterocycles. The molecule has 0 saturated carbocycles. The molecular formula is C20H22N4. The molecule has 1 aliphatic heterocycles. The van der Waals surface area contributed by atoms with E-state index >= 15 is 0 Å². The van der Waals surface area contributed by atoms with Gasteiger partial charge in [-0.2, -0.15) is 5.26 Å². The summed E-state index contributed by atoms with van der Waals surface area (Å²) in [5, 5.41) is 9.77. The van der Waals surface area contributed by atoms with Crippen LogP contribution < -0.4 is 4.90 Å². The van der Waals surface area contributed by atoms with Gasteiger partial charge in [0.25, 0.3) is 0 Å². The van der Waals surface area contributed by atoms with E-state index in [1.165, 1.54) is 25.1 Å². The minimum atomic E-state index is 0.299. The molecule has 0 bridgehead atoms. The Bertz CT molecular complexity index is 940. The minimum Gasteiger partial charge on any atom is -0.358 e. The Hall–Kier alpha value is -2.54. The van der Waals surface area contributed by atoms with Crippen LogP contribution in [0.4, 0.5) is 5.82 Å². The van der Waals surface area contributed by atoms with E-state index in [9.17, 15) is 5.26 Å². The van der Waals surface area contributed by atoms with Crippen molar-refractivity contribution in [3.05, 3.63) is 41.5 Å². The van der Waals surface area contributed by atoms with E-state index in [4.69, 9.17) is 4.98 Å². The van der Waals surface area contributed by atoms with Gasteiger partial charge in [0.05, 0.1) is 16.6 Å². The predicted molar refractivity (Wildman–Crippen MR) is 97.6 cm³/mol. The fourth-order valence-corrected chi connectivity index (χ4v) is 3.76. The van der Waals surface area contributed by atoms with Crippen molar-refractivity contribution in [1.82, 2.24) is 9.38 Å². The number of para-hydroxylation sites is 2. The van der Waals surface area contributed by atoms with Gasteiger partial charge in [-0.1, -0.05) is 26.0 Å². The molecule has 24 heavy (non-hydrogen) atoms. The number of benzene rings is 1. The van der Waals surface area contributed by atoms with Crippen molar-refractivity contribution in [2.24, 2.45) is 0 Å². The van der Waals surface area contributed by atoms with Crippen LogP contribution in [0, 0.1) is 11.3 Å². The van der Waals surface area contributed by atoms with Crippen LogP contribution in [0.5, 0.6) is 0 Å². The molecule has 1 saturated heterocycles. The van der Waals surface area contributed by atoms with Gasteiger partial charge < -0.3 is 4.90 Å². The van der Waals surface area contributed by atoms with E-state index in [1.54, 1.807) is 0 Å². The summed E-state index contributed by atoms with van der Waals surface area (Å²) in [7, 11) is 0. The van der Waals surface area contributed by atoms with Gasteiger partial charge in [0.15, 0.2) is 5.65 Å². The lowest BCUT2D eigenvalue weighted by atomic mass is 9.98. The molecule has 2 aromatic heterocycles. The zero-order valence-electron chi connectivity index (χ0n) is 14.3. The number of pyridine rings is 1. The molecule has 0 N–H and O–H groups in total. The molecule has 122 valence electrons. The first-order chi connectivity index (χ1) is 11.7. The Labute approximate surface area is 142 Å². The number of aromatic nitrogens is 2. The number of anilines is 1. The molecule has 1 fully saturated rings. The van der Waals surface area contributed by atoms with E-state index in [0.29, 0.717) is 11.5 Å². The standard InChI is InChI=1S/C20H22N4/c1-14(2)15-12-19(23-10-6-3-7-11-23)24-18-9-5-4-8-17(18)22-20(24)16(15)13-21/h4-5,8-9,12,14H,3,6-7,10-11H2,1-2H3. The highest BCUT2D eigenvalue weighted by Crippen LogP contribution is 2.33. The molecule has 1 aliphatic rings. The number of rotatable bonds is 2. The summed E-state index contributed by atoms with van der Waals surface area (Å²) in [6, 6.07) is 12.8. The highest BCUT2D eigenvalue weighted by atomic mass is 15.2. The first-order valence-corrected chi connectivity index (χ1v) is 8.80. The van der Waals surface area contributed by atoms with Gasteiger partial charge in [-0.25, -0.2) is 4.98 Å². The second-order valence-corrected chi connectivity index (χ2v) is 6.91. The molecule has 4 rings (SSSR count). The summed E-state index contributed by atoms with van der Waals surface area (Å²) < 4.78 is 2.19. The Kier molecular flexibility index (Phi) is 3.65. The number of nitriles is 1. The fourth-order valence-electron chi connectivity index (χ4n) is 3.76. The SMILES string of the molecule is CC(C)c1cc(N2CCCCC2)n2c(nc3ccccc32)c1C#N. The van der Waals surface area contributed by atoms with Crippen LogP contribution in [-0.4, -0.2) is 22.5 Å². The lowest BCUT2D eigenvalue weighted by Gasteiger charge is -2.30. The lowest BCUT2D eigenvalue weighted by molar-refractivity contribution is 0.572. The Morgan fingerprint density at radius 1 is 1.12 bits per heavy atom. The molecule has 0 atom stereocenters. The monoisotopic (exact) mass is 318 g/mol. The third-order valence-electron chi connectivity index (χ3n) is 5.00. The fraction of sp³-hybridized carbons (Fsp3) is 0.400. The predicted octanol–water partition coefficient (Wildman–Crippen LogP) is 4.47. The summed E-state index contributed by atoms with van der Waals surface area (Å²) in [5.41, 5.74) is 4.64. The first kappa shape index (κ1) is 15.0. The van der Waals surface area contributed by atoms with E-state index < -0.39 is 0 Å². The van der Waals surface area contributed by atoms with Crippen LogP contribution >= 0.6 is 0 Å². The van der Waals surface area contributed by atoms with Crippen LogP contribution in [0.15, 0.2) is 30.3 Å². The van der Waals surface area contributed by atoms with Crippen LogP contribution in [0.3, 0.4) is 0 Å². The van der Waals surface area contributed by atoms with Crippen molar-refractivity contribution in [1.29, 1.82) is 5.26 Å². The first-order valence-electron chi connectivity index (χ1n) is 8.80. The Morgan fingerprint density at radius 2 is 1.88 bits per heavy atom. The number of nitrogens with zero attached hydrogens (tertiary/aromatic N) is 4. The number of imidazole rings is 1. The normalized spacial score (nSPS) is 15.3. The highest BCUT2D eigenvalue weighted by Gasteiger charge is 2.22. The van der Waals surface area contributed by atoms with Gasteiger partial charge in [-0.3, -0.25) is 4.40 Å². The van der Waals surface area contributed by atoms with Crippen molar-refractivity contribution in [3.8, 4) is 6.07 Å². The maximum Gasteiger partial charge on any atom is 0.157 e. The van der Waals surface area contributed by atoms with Gasteiger partial charge in [-0.15, -0.1) is 0 Å². The largest absolute Gasteiger partial charge is 0.358 e. The van der Waals surface area contributed by atoms with E-state index in [2.05, 4.69) is 41.4 Å². The number of fused-ring (bicyclic) bond motifs is 3. The van der Waals surface area contributed by atoms with Crippen LogP contribution in [0.2, 0.25) is 0 Å². The molecule has 0 radical (unpaired) electrons. The van der Waals surface area contributed by atoms with Crippen molar-refractivity contribution in [2.75, 3.05) is 18.0 Å². The average Bonchev–Trinajstić information content (AvgIpc) is 3.00. The quantitative estimate of drug-likeness (QED) is 0.700. The van der Waals surface area contributed by atoms with Gasteiger partial charge >= 0.3 is 0 Å². The molecule has 0 amide bonds. The molecule has 4 heteroatoms. The zero-order chi connectivity index (χ0) is 16.7. The molecule has 1 aromatic carbocycles. The van der Waals surface area contributed by atoms with Gasteiger partial charge in [0, 0.05) is 13.1 Å².